The number of ketones is 1. The Labute approximate surface area is 203 Å². The first kappa shape index (κ1) is 22.7. The third-order valence-electron chi connectivity index (χ3n) is 6.56. The van der Waals surface area contributed by atoms with Gasteiger partial charge in [-0.15, -0.1) is 0 Å². The topological polar surface area (TPSA) is 85.1 Å². The van der Waals surface area contributed by atoms with Gasteiger partial charge in [-0.2, -0.15) is 0 Å². The normalized spacial score (nSPS) is 21.9. The predicted molar refractivity (Wildman–Crippen MR) is 133 cm³/mol. The molecular weight excluding hydrogens is 446 g/mol. The Hall–Kier alpha value is -3.03. The van der Waals surface area contributed by atoms with Crippen LogP contribution in [0.15, 0.2) is 64.4 Å². The molecule has 1 N–H and O–H groups in total. The summed E-state index contributed by atoms with van der Waals surface area (Å²) in [5, 5.41) is 3.65. The molecule has 3 aromatic rings. The Balaban J connectivity index is 1.13. The highest BCUT2D eigenvalue weighted by atomic mass is 32.2. The fraction of sp³-hybridized carbons (Fsp3) is 0.333. The van der Waals surface area contributed by atoms with E-state index in [-0.39, 0.29) is 17.3 Å². The summed E-state index contributed by atoms with van der Waals surface area (Å²) >= 11 is 1.01. The fourth-order valence-electron chi connectivity index (χ4n) is 4.73. The van der Waals surface area contributed by atoms with Gasteiger partial charge in [-0.05, 0) is 72.7 Å². The van der Waals surface area contributed by atoms with Crippen LogP contribution in [0.2, 0.25) is 0 Å². The molecule has 2 aliphatic rings. The summed E-state index contributed by atoms with van der Waals surface area (Å²) in [4.78, 5) is 32.9. The molecule has 3 heterocycles. The first-order valence-electron chi connectivity index (χ1n) is 11.8. The number of benzene rings is 1. The molecule has 1 aliphatic carbocycles. The molecule has 34 heavy (non-hydrogen) atoms. The standard InChI is InChI=1S/C27H27N3O3S/c31-24-15-27(32)34-25(24)14-22-9-11-28-26(30-22)13-18-5-7-21(8-6-18)29-16-19-3-1-2-4-23(19)20-10-12-33-17-20/h1-4,9-12,14,17-18,21,29H,5-8,13,15-16H2/b25-14-. The van der Waals surface area contributed by atoms with E-state index in [0.29, 0.717) is 22.6 Å². The van der Waals surface area contributed by atoms with E-state index in [1.807, 2.05) is 6.07 Å². The van der Waals surface area contributed by atoms with Gasteiger partial charge in [-0.25, -0.2) is 9.97 Å². The summed E-state index contributed by atoms with van der Waals surface area (Å²) in [5.41, 5.74) is 4.31. The number of nitrogens with zero attached hydrogens (tertiary/aromatic N) is 2. The van der Waals surface area contributed by atoms with Gasteiger partial charge in [-0.1, -0.05) is 24.3 Å². The van der Waals surface area contributed by atoms with E-state index < -0.39 is 0 Å². The van der Waals surface area contributed by atoms with Crippen molar-refractivity contribution >= 4 is 28.7 Å². The summed E-state index contributed by atoms with van der Waals surface area (Å²) in [7, 11) is 0. The smallest absolute Gasteiger partial charge is 0.201 e. The minimum Gasteiger partial charge on any atom is -0.472 e. The number of carbonyl (C=O) groups is 2. The molecule has 5 rings (SSSR count). The van der Waals surface area contributed by atoms with Gasteiger partial charge in [0, 0.05) is 30.8 Å². The first-order valence-corrected chi connectivity index (χ1v) is 12.6. The molecule has 7 heteroatoms. The van der Waals surface area contributed by atoms with Crippen molar-refractivity contribution in [2.45, 2.75) is 51.1 Å². The Morgan fingerprint density at radius 3 is 2.71 bits per heavy atom. The maximum Gasteiger partial charge on any atom is 0.201 e. The predicted octanol–water partition coefficient (Wildman–Crippen LogP) is 5.20. The summed E-state index contributed by atoms with van der Waals surface area (Å²) in [6.45, 7) is 0.843. The second-order valence-corrected chi connectivity index (χ2v) is 10.1. The van der Waals surface area contributed by atoms with Gasteiger partial charge in [0.1, 0.15) is 5.82 Å². The molecule has 0 radical (unpaired) electrons. The maximum absolute atomic E-state index is 11.9. The number of thioether (sulfide) groups is 1. The number of Topliss-reactive ketones (excluding diaryl/α,β-unsaturated/α-hetero) is 1. The van der Waals surface area contributed by atoms with Gasteiger partial charge < -0.3 is 9.73 Å². The molecule has 1 saturated carbocycles. The molecule has 1 aromatic carbocycles. The Morgan fingerprint density at radius 2 is 1.94 bits per heavy atom. The van der Waals surface area contributed by atoms with Crippen molar-refractivity contribution in [3.63, 3.8) is 0 Å². The summed E-state index contributed by atoms with van der Waals surface area (Å²) in [6.07, 6.45) is 12.3. The van der Waals surface area contributed by atoms with Crippen LogP contribution in [0.25, 0.3) is 17.2 Å². The van der Waals surface area contributed by atoms with Gasteiger partial charge >= 0.3 is 0 Å². The molecule has 0 amide bonds. The number of hydrogen-bond donors (Lipinski definition) is 1. The largest absolute Gasteiger partial charge is 0.472 e. The average molecular weight is 474 g/mol. The second-order valence-electron chi connectivity index (χ2n) is 8.95. The lowest BCUT2D eigenvalue weighted by Crippen LogP contribution is -2.33. The van der Waals surface area contributed by atoms with E-state index in [1.165, 1.54) is 11.1 Å². The maximum atomic E-state index is 11.9. The van der Waals surface area contributed by atoms with Crippen LogP contribution in [0.3, 0.4) is 0 Å². The van der Waals surface area contributed by atoms with Gasteiger partial charge in [0.15, 0.2) is 5.78 Å². The zero-order chi connectivity index (χ0) is 23.3. The van der Waals surface area contributed by atoms with Crippen molar-refractivity contribution in [2.75, 3.05) is 0 Å². The number of rotatable bonds is 7. The molecule has 1 aliphatic heterocycles. The van der Waals surface area contributed by atoms with Crippen LogP contribution in [-0.4, -0.2) is 26.9 Å². The van der Waals surface area contributed by atoms with Crippen LogP contribution in [0.1, 0.15) is 49.2 Å². The van der Waals surface area contributed by atoms with Crippen LogP contribution in [0.4, 0.5) is 0 Å². The second kappa shape index (κ2) is 10.5. The molecule has 0 spiro atoms. The van der Waals surface area contributed by atoms with Crippen molar-refractivity contribution in [3.05, 3.63) is 77.1 Å². The van der Waals surface area contributed by atoms with Gasteiger partial charge in [0.25, 0.3) is 0 Å². The van der Waals surface area contributed by atoms with Crippen molar-refractivity contribution in [2.24, 2.45) is 5.92 Å². The molecule has 6 nitrogen and oxygen atoms in total. The fourth-order valence-corrected chi connectivity index (χ4v) is 5.54. The van der Waals surface area contributed by atoms with Crippen molar-refractivity contribution < 1.29 is 14.0 Å². The molecule has 0 atom stereocenters. The van der Waals surface area contributed by atoms with Crippen LogP contribution in [-0.2, 0) is 22.6 Å². The third kappa shape index (κ3) is 5.54. The lowest BCUT2D eigenvalue weighted by atomic mass is 9.84. The zero-order valence-corrected chi connectivity index (χ0v) is 19.7. The number of hydrogen-bond acceptors (Lipinski definition) is 7. The van der Waals surface area contributed by atoms with E-state index in [1.54, 1.807) is 30.9 Å². The molecule has 1 saturated heterocycles. The van der Waals surface area contributed by atoms with Gasteiger partial charge in [0.05, 0.1) is 29.5 Å². The third-order valence-corrected chi connectivity index (χ3v) is 7.50. The Kier molecular flexibility index (Phi) is 7.02. The van der Waals surface area contributed by atoms with Gasteiger partial charge in [-0.3, -0.25) is 9.59 Å². The number of allylic oxidation sites excluding steroid dienone is 1. The van der Waals surface area contributed by atoms with E-state index >= 15 is 0 Å². The number of nitrogens with one attached hydrogen (secondary N) is 1. The van der Waals surface area contributed by atoms with Crippen molar-refractivity contribution in [1.82, 2.24) is 15.3 Å². The average Bonchev–Trinajstić information content (AvgIpc) is 3.49. The van der Waals surface area contributed by atoms with E-state index in [9.17, 15) is 9.59 Å². The molecule has 2 aromatic heterocycles. The molecule has 174 valence electrons. The summed E-state index contributed by atoms with van der Waals surface area (Å²) in [6, 6.07) is 12.8. The monoisotopic (exact) mass is 473 g/mol. The highest BCUT2D eigenvalue weighted by Gasteiger charge is 2.26. The van der Waals surface area contributed by atoms with Gasteiger partial charge in [0.2, 0.25) is 5.12 Å². The Bertz CT molecular complexity index is 1200. The van der Waals surface area contributed by atoms with E-state index in [4.69, 9.17) is 4.42 Å². The van der Waals surface area contributed by atoms with E-state index in [0.717, 1.165) is 61.8 Å². The lowest BCUT2D eigenvalue weighted by Gasteiger charge is -2.29. The summed E-state index contributed by atoms with van der Waals surface area (Å²) in [5.74, 6) is 1.25. The highest BCUT2D eigenvalue weighted by molar-refractivity contribution is 8.18. The number of aromatic nitrogens is 2. The lowest BCUT2D eigenvalue weighted by molar-refractivity contribution is -0.119. The zero-order valence-electron chi connectivity index (χ0n) is 18.9. The number of carbonyl (C=O) groups excluding carboxylic acids is 2. The minimum absolute atomic E-state index is 0.0133. The van der Waals surface area contributed by atoms with Crippen LogP contribution < -0.4 is 5.32 Å². The van der Waals surface area contributed by atoms with Crippen LogP contribution in [0.5, 0.6) is 0 Å². The molecule has 0 unspecified atom stereocenters. The Morgan fingerprint density at radius 1 is 1.09 bits per heavy atom. The SMILES string of the molecule is O=C1CC(=O)/C(=C/c2ccnc(CC3CCC(NCc4ccccc4-c4ccoc4)CC3)n2)S1. The quantitative estimate of drug-likeness (QED) is 0.373. The van der Waals surface area contributed by atoms with Crippen LogP contribution in [0, 0.1) is 5.92 Å². The highest BCUT2D eigenvalue weighted by Crippen LogP contribution is 2.31. The number of furan rings is 1. The molecule has 2 fully saturated rings. The van der Waals surface area contributed by atoms with Crippen molar-refractivity contribution in [1.29, 1.82) is 0 Å². The molecular formula is C27H27N3O3S. The molecule has 0 bridgehead atoms. The van der Waals surface area contributed by atoms with E-state index in [2.05, 4.69) is 39.6 Å². The first-order chi connectivity index (χ1) is 16.6. The minimum atomic E-state index is -0.117. The summed E-state index contributed by atoms with van der Waals surface area (Å²) < 4.78 is 5.27. The van der Waals surface area contributed by atoms with Crippen molar-refractivity contribution in [3.8, 4) is 11.1 Å². The van der Waals surface area contributed by atoms with Crippen LogP contribution >= 0.6 is 11.8 Å².